The van der Waals surface area contributed by atoms with Gasteiger partial charge in [-0.1, -0.05) is 6.92 Å². The highest BCUT2D eigenvalue weighted by atomic mass is 19.1. The third-order valence-electron chi connectivity index (χ3n) is 9.17. The van der Waals surface area contributed by atoms with E-state index in [1.807, 2.05) is 0 Å². The van der Waals surface area contributed by atoms with Crippen LogP contribution in [0.15, 0.2) is 17.7 Å². The number of hydrogen-bond donors (Lipinski definition) is 2. The number of aliphatic hydroxyl groups is 2. The van der Waals surface area contributed by atoms with Crippen LogP contribution in [0.25, 0.3) is 0 Å². The Balaban J connectivity index is 1.35. The fourth-order valence-corrected chi connectivity index (χ4v) is 7.86. The molecule has 1 heterocycles. The third kappa shape index (κ3) is 3.11. The molecule has 0 radical (unpaired) electrons. The van der Waals surface area contributed by atoms with Crippen LogP contribution in [0.2, 0.25) is 0 Å². The highest BCUT2D eigenvalue weighted by Crippen LogP contribution is 2.64. The summed E-state index contributed by atoms with van der Waals surface area (Å²) in [6, 6.07) is 0. The Bertz CT molecular complexity index is 784. The number of tetrazole rings is 1. The van der Waals surface area contributed by atoms with E-state index in [0.717, 1.165) is 32.1 Å². The minimum atomic E-state index is -1.07. The molecule has 0 aromatic carbocycles. The first kappa shape index (κ1) is 19.5. The van der Waals surface area contributed by atoms with Crippen LogP contribution in [0.1, 0.15) is 64.7 Å². The van der Waals surface area contributed by atoms with Gasteiger partial charge in [-0.25, -0.2) is 4.39 Å². The average molecular weight is 405 g/mol. The smallest absolute Gasteiger partial charge is 0.162 e. The maximum Gasteiger partial charge on any atom is 0.162 e. The molecule has 1 aromatic rings. The van der Waals surface area contributed by atoms with E-state index in [1.54, 1.807) is 0 Å². The van der Waals surface area contributed by atoms with E-state index in [1.165, 1.54) is 29.5 Å². The van der Waals surface area contributed by atoms with Crippen LogP contribution in [0.4, 0.5) is 4.39 Å². The van der Waals surface area contributed by atoms with Gasteiger partial charge in [0.05, 0.1) is 5.60 Å². The molecule has 7 atom stereocenters. The molecule has 0 amide bonds. The van der Waals surface area contributed by atoms with Crippen molar-refractivity contribution >= 4 is 0 Å². The molecular formula is C22H33FN4O2. The Morgan fingerprint density at radius 2 is 2.00 bits per heavy atom. The van der Waals surface area contributed by atoms with Crippen LogP contribution in [0.3, 0.4) is 0 Å². The monoisotopic (exact) mass is 404 g/mol. The van der Waals surface area contributed by atoms with Crippen molar-refractivity contribution in [3.63, 3.8) is 0 Å². The van der Waals surface area contributed by atoms with Gasteiger partial charge in [0.25, 0.3) is 0 Å². The Hall–Kier alpha value is -1.50. The number of nitrogens with zero attached hydrogens (tertiary/aromatic N) is 4. The van der Waals surface area contributed by atoms with Crippen molar-refractivity contribution in [2.45, 2.75) is 76.9 Å². The largest absolute Gasteiger partial charge is 0.510 e. The second kappa shape index (κ2) is 7.03. The van der Waals surface area contributed by atoms with Crippen LogP contribution >= 0.6 is 0 Å². The highest BCUT2D eigenvalue weighted by Gasteiger charge is 2.56. The van der Waals surface area contributed by atoms with Crippen molar-refractivity contribution in [2.75, 3.05) is 6.67 Å². The zero-order chi connectivity index (χ0) is 20.2. The Morgan fingerprint density at radius 3 is 2.76 bits per heavy atom. The molecule has 160 valence electrons. The van der Waals surface area contributed by atoms with Crippen molar-refractivity contribution < 1.29 is 14.6 Å². The Morgan fingerprint density at radius 1 is 1.17 bits per heavy atom. The van der Waals surface area contributed by atoms with Gasteiger partial charge < -0.3 is 10.2 Å². The predicted octanol–water partition coefficient (Wildman–Crippen LogP) is 3.84. The van der Waals surface area contributed by atoms with E-state index >= 15 is 0 Å². The lowest BCUT2D eigenvalue weighted by molar-refractivity contribution is -0.104. The number of alkyl halides is 1. The van der Waals surface area contributed by atoms with Crippen molar-refractivity contribution in [3.05, 3.63) is 17.7 Å². The summed E-state index contributed by atoms with van der Waals surface area (Å²) in [7, 11) is 0. The number of aromatic nitrogens is 4. The number of aliphatic hydroxyl groups excluding tert-OH is 1. The first-order valence-corrected chi connectivity index (χ1v) is 11.3. The molecule has 0 bridgehead atoms. The molecule has 4 aliphatic carbocycles. The maximum atomic E-state index is 13.3. The fourth-order valence-electron chi connectivity index (χ4n) is 7.86. The minimum absolute atomic E-state index is 0.0625. The van der Waals surface area contributed by atoms with Crippen LogP contribution in [-0.4, -0.2) is 42.7 Å². The zero-order valence-corrected chi connectivity index (χ0v) is 17.3. The van der Waals surface area contributed by atoms with Gasteiger partial charge in [0.1, 0.15) is 19.0 Å². The topological polar surface area (TPSA) is 84.1 Å². The molecule has 2 N–H and O–H groups in total. The summed E-state index contributed by atoms with van der Waals surface area (Å²) in [5.41, 5.74) is 0.199. The van der Waals surface area contributed by atoms with Gasteiger partial charge in [-0.05, 0) is 104 Å². The lowest BCUT2D eigenvalue weighted by Gasteiger charge is -2.56. The second-order valence-electron chi connectivity index (χ2n) is 10.4. The summed E-state index contributed by atoms with van der Waals surface area (Å²) in [5, 5.41) is 33.0. The lowest BCUT2D eigenvalue weighted by atomic mass is 9.49. The third-order valence-corrected chi connectivity index (χ3v) is 9.17. The van der Waals surface area contributed by atoms with Crippen molar-refractivity contribution in [1.29, 1.82) is 0 Å². The summed E-state index contributed by atoms with van der Waals surface area (Å²) in [5.74, 6) is 3.57. The van der Waals surface area contributed by atoms with Crippen LogP contribution in [0, 0.1) is 35.0 Å². The van der Waals surface area contributed by atoms with Gasteiger partial charge >= 0.3 is 0 Å². The quantitative estimate of drug-likeness (QED) is 0.748. The van der Waals surface area contributed by atoms with E-state index in [0.29, 0.717) is 54.7 Å². The second-order valence-corrected chi connectivity index (χ2v) is 10.4. The van der Waals surface area contributed by atoms with Gasteiger partial charge in [0.2, 0.25) is 0 Å². The highest BCUT2D eigenvalue weighted by molar-refractivity contribution is 5.26. The van der Waals surface area contributed by atoms with Gasteiger partial charge in [0.15, 0.2) is 6.33 Å². The molecule has 6 nitrogen and oxygen atoms in total. The van der Waals surface area contributed by atoms with Gasteiger partial charge in [-0.15, -0.1) is 10.2 Å². The molecule has 7 heteroatoms. The van der Waals surface area contributed by atoms with Crippen LogP contribution in [0.5, 0.6) is 0 Å². The van der Waals surface area contributed by atoms with Crippen molar-refractivity contribution in [3.8, 4) is 0 Å². The number of fused-ring (bicyclic) bond motifs is 5. The van der Waals surface area contributed by atoms with E-state index in [-0.39, 0.29) is 5.41 Å². The SMILES string of the molecule is C[C@]12CC[C@H]3[C@@H](CC[C@@H]4C[C@](O)(CF)CC[C@@H]43)[C@@H]1CC/C2=C(\O)Cn1ncnn1. The van der Waals surface area contributed by atoms with Gasteiger partial charge in [-0.3, -0.25) is 0 Å². The normalized spacial score (nSPS) is 46.0. The summed E-state index contributed by atoms with van der Waals surface area (Å²) >= 11 is 0. The first-order valence-electron chi connectivity index (χ1n) is 11.3. The van der Waals surface area contributed by atoms with Gasteiger partial charge in [-0.2, -0.15) is 4.80 Å². The molecule has 0 saturated heterocycles. The molecule has 4 saturated carbocycles. The number of allylic oxidation sites excluding steroid dienone is 2. The molecule has 0 spiro atoms. The van der Waals surface area contributed by atoms with E-state index in [9.17, 15) is 14.6 Å². The molecule has 4 aliphatic rings. The zero-order valence-electron chi connectivity index (χ0n) is 17.3. The predicted molar refractivity (Wildman–Crippen MR) is 106 cm³/mol. The van der Waals surface area contributed by atoms with Crippen molar-refractivity contribution in [2.24, 2.45) is 35.0 Å². The fraction of sp³-hybridized carbons (Fsp3) is 0.864. The molecule has 0 unspecified atom stereocenters. The summed E-state index contributed by atoms with van der Waals surface area (Å²) in [4.78, 5) is 1.45. The molecule has 0 aliphatic heterocycles. The summed E-state index contributed by atoms with van der Waals surface area (Å²) in [6.07, 6.45) is 10.3. The number of halogens is 1. The number of rotatable bonds is 3. The van der Waals surface area contributed by atoms with E-state index < -0.39 is 12.3 Å². The Kier molecular flexibility index (Phi) is 4.72. The average Bonchev–Trinajstić information content (AvgIpc) is 3.34. The molecular weight excluding hydrogens is 371 g/mol. The lowest BCUT2D eigenvalue weighted by Crippen LogP contribution is -2.51. The van der Waals surface area contributed by atoms with Gasteiger partial charge in [0, 0.05) is 0 Å². The Labute approximate surface area is 171 Å². The maximum absolute atomic E-state index is 13.3. The minimum Gasteiger partial charge on any atom is -0.510 e. The standard InChI is InChI=1S/C22H33FN4O2/c1-21-8-6-16-15-7-9-22(29,12-23)10-14(15)2-3-17(16)18(21)4-5-19(21)20(28)11-27-25-13-24-26-27/h13-18,28-29H,2-12H2,1H3/b20-19+/t14-,15+,16-,17-,18+,21+,22+/m1/s1. The molecule has 1 aromatic heterocycles. The first-order chi connectivity index (χ1) is 13.9. The molecule has 4 fully saturated rings. The summed E-state index contributed by atoms with van der Waals surface area (Å²) < 4.78 is 13.3. The summed E-state index contributed by atoms with van der Waals surface area (Å²) in [6.45, 7) is 2.06. The van der Waals surface area contributed by atoms with E-state index in [4.69, 9.17) is 0 Å². The molecule has 29 heavy (non-hydrogen) atoms. The van der Waals surface area contributed by atoms with Crippen LogP contribution < -0.4 is 0 Å². The molecule has 5 rings (SSSR count). The van der Waals surface area contributed by atoms with Crippen LogP contribution in [-0.2, 0) is 6.54 Å². The number of hydrogen-bond acceptors (Lipinski definition) is 5. The van der Waals surface area contributed by atoms with E-state index in [2.05, 4.69) is 22.3 Å². The van der Waals surface area contributed by atoms with Crippen molar-refractivity contribution in [1.82, 2.24) is 20.2 Å².